The smallest absolute Gasteiger partial charge is 0.266 e. The third-order valence-electron chi connectivity index (χ3n) is 5.15. The van der Waals surface area contributed by atoms with Crippen molar-refractivity contribution in [3.8, 4) is 6.07 Å². The van der Waals surface area contributed by atoms with Gasteiger partial charge in [-0.2, -0.15) is 5.26 Å². The van der Waals surface area contributed by atoms with Crippen molar-refractivity contribution in [1.29, 1.82) is 5.26 Å². The van der Waals surface area contributed by atoms with E-state index in [-0.39, 0.29) is 18.0 Å². The van der Waals surface area contributed by atoms with E-state index in [9.17, 15) is 19.2 Å². The Kier molecular flexibility index (Phi) is 4.72. The molecule has 1 atom stereocenters. The van der Waals surface area contributed by atoms with Crippen molar-refractivity contribution in [2.24, 2.45) is 0 Å². The number of anilines is 2. The zero-order chi connectivity index (χ0) is 20.5. The summed E-state index contributed by atoms with van der Waals surface area (Å²) in [6.45, 7) is 2.34. The van der Waals surface area contributed by atoms with E-state index in [4.69, 9.17) is 0 Å². The number of aryl methyl sites for hydroxylation is 1. The molecule has 3 aromatic rings. The zero-order valence-corrected chi connectivity index (χ0v) is 15.7. The van der Waals surface area contributed by atoms with Crippen LogP contribution in [0.5, 0.6) is 0 Å². The second-order valence-corrected chi connectivity index (χ2v) is 6.97. The average molecular weight is 391 g/mol. The van der Waals surface area contributed by atoms with Crippen molar-refractivity contribution in [2.45, 2.75) is 19.5 Å². The topological polar surface area (TPSA) is 102 Å². The van der Waals surface area contributed by atoms with Crippen molar-refractivity contribution in [3.05, 3.63) is 63.7 Å². The Hall–Kier alpha value is -3.73. The molecule has 1 aliphatic rings. The van der Waals surface area contributed by atoms with Gasteiger partial charge in [0.15, 0.2) is 0 Å². The van der Waals surface area contributed by atoms with Crippen LogP contribution in [0.4, 0.5) is 15.8 Å². The van der Waals surface area contributed by atoms with E-state index < -0.39 is 11.7 Å². The van der Waals surface area contributed by atoms with E-state index in [1.165, 1.54) is 12.4 Å². The standard InChI is InChI=1S/C21H18FN5O2/c1-12-15(10-23)21(29)25-16-2-3-17(26-20(28)13-4-7-24-8-5-13)19(18(12)16)27-9-6-14(22)11-27/h2-5,7-8,14H,6,9,11H2,1H3,(H,25,29)(H,26,28). The molecule has 0 spiro atoms. The molecule has 0 bridgehead atoms. The van der Waals surface area contributed by atoms with Crippen LogP contribution in [0.2, 0.25) is 0 Å². The predicted molar refractivity (Wildman–Crippen MR) is 108 cm³/mol. The normalized spacial score (nSPS) is 16.0. The first-order chi connectivity index (χ1) is 14.0. The number of aromatic amines is 1. The van der Waals surface area contributed by atoms with Crippen molar-refractivity contribution < 1.29 is 9.18 Å². The fourth-order valence-electron chi connectivity index (χ4n) is 3.74. The van der Waals surface area contributed by atoms with Crippen molar-refractivity contribution in [2.75, 3.05) is 23.3 Å². The van der Waals surface area contributed by atoms with Crippen LogP contribution in [-0.4, -0.2) is 35.1 Å². The number of fused-ring (bicyclic) bond motifs is 1. The largest absolute Gasteiger partial charge is 0.366 e. The zero-order valence-electron chi connectivity index (χ0n) is 15.7. The second kappa shape index (κ2) is 7.36. The molecule has 3 heterocycles. The number of hydrogen-bond donors (Lipinski definition) is 2. The summed E-state index contributed by atoms with van der Waals surface area (Å²) in [5, 5.41) is 12.9. The Bertz CT molecular complexity index is 1200. The molecule has 1 unspecified atom stereocenters. The van der Waals surface area contributed by atoms with Gasteiger partial charge >= 0.3 is 0 Å². The molecule has 146 valence electrons. The first-order valence-corrected chi connectivity index (χ1v) is 9.19. The summed E-state index contributed by atoms with van der Waals surface area (Å²) in [6, 6.07) is 8.50. The Balaban J connectivity index is 1.91. The molecule has 1 amide bonds. The summed E-state index contributed by atoms with van der Waals surface area (Å²) in [7, 11) is 0. The summed E-state index contributed by atoms with van der Waals surface area (Å²) >= 11 is 0. The van der Waals surface area contributed by atoms with Crippen LogP contribution in [0.25, 0.3) is 10.9 Å². The fourth-order valence-corrected chi connectivity index (χ4v) is 3.74. The Morgan fingerprint density at radius 1 is 1.34 bits per heavy atom. The molecule has 29 heavy (non-hydrogen) atoms. The second-order valence-electron chi connectivity index (χ2n) is 6.97. The van der Waals surface area contributed by atoms with Crippen molar-refractivity contribution >= 4 is 28.2 Å². The van der Waals surface area contributed by atoms with Crippen molar-refractivity contribution in [1.82, 2.24) is 9.97 Å². The van der Waals surface area contributed by atoms with Crippen LogP contribution in [0, 0.1) is 18.3 Å². The van der Waals surface area contributed by atoms with Gasteiger partial charge in [0.1, 0.15) is 17.8 Å². The van der Waals surface area contributed by atoms with Crippen LogP contribution in [0.3, 0.4) is 0 Å². The molecule has 1 aromatic carbocycles. The minimum Gasteiger partial charge on any atom is -0.366 e. The van der Waals surface area contributed by atoms with Crippen LogP contribution in [0.1, 0.15) is 27.9 Å². The number of aromatic nitrogens is 2. The summed E-state index contributed by atoms with van der Waals surface area (Å²) in [4.78, 5) is 33.4. The summed E-state index contributed by atoms with van der Waals surface area (Å²) < 4.78 is 14.0. The molecule has 2 N–H and O–H groups in total. The first kappa shape index (κ1) is 18.6. The number of nitriles is 1. The molecule has 0 saturated carbocycles. The molecule has 8 heteroatoms. The Morgan fingerprint density at radius 3 is 2.76 bits per heavy atom. The van der Waals surface area contributed by atoms with Crippen molar-refractivity contribution in [3.63, 3.8) is 0 Å². The highest BCUT2D eigenvalue weighted by Gasteiger charge is 2.27. The van der Waals surface area contributed by atoms with Gasteiger partial charge in [-0.3, -0.25) is 14.6 Å². The van der Waals surface area contributed by atoms with Crippen LogP contribution >= 0.6 is 0 Å². The number of benzene rings is 1. The molecule has 1 saturated heterocycles. The van der Waals surface area contributed by atoms with Gasteiger partial charge in [-0.15, -0.1) is 0 Å². The fraction of sp³-hybridized carbons (Fsp3) is 0.238. The number of carbonyl (C=O) groups is 1. The third-order valence-corrected chi connectivity index (χ3v) is 5.15. The predicted octanol–water partition coefficient (Wildman–Crippen LogP) is 2.90. The van der Waals surface area contributed by atoms with Crippen LogP contribution in [-0.2, 0) is 0 Å². The third kappa shape index (κ3) is 3.31. The van der Waals surface area contributed by atoms with E-state index in [1.54, 1.807) is 31.2 Å². The van der Waals surface area contributed by atoms with E-state index in [0.29, 0.717) is 46.4 Å². The monoisotopic (exact) mass is 391 g/mol. The molecule has 0 radical (unpaired) electrons. The number of rotatable bonds is 3. The number of hydrogen-bond acceptors (Lipinski definition) is 5. The van der Waals surface area contributed by atoms with Crippen LogP contribution in [0.15, 0.2) is 41.5 Å². The number of alkyl halides is 1. The highest BCUT2D eigenvalue weighted by Crippen LogP contribution is 2.38. The molecule has 1 aliphatic heterocycles. The van der Waals surface area contributed by atoms with Gasteiger partial charge in [-0.25, -0.2) is 4.39 Å². The summed E-state index contributed by atoms with van der Waals surface area (Å²) in [6.07, 6.45) is 2.45. The van der Waals surface area contributed by atoms with Gasteiger partial charge in [-0.1, -0.05) is 0 Å². The highest BCUT2D eigenvalue weighted by atomic mass is 19.1. The lowest BCUT2D eigenvalue weighted by Crippen LogP contribution is -2.24. The first-order valence-electron chi connectivity index (χ1n) is 9.19. The number of carbonyl (C=O) groups excluding carboxylic acids is 1. The number of H-pyrrole nitrogens is 1. The average Bonchev–Trinajstić information content (AvgIpc) is 3.15. The van der Waals surface area contributed by atoms with Gasteiger partial charge in [0.2, 0.25) is 0 Å². The number of pyridine rings is 2. The van der Waals surface area contributed by atoms with Gasteiger partial charge in [0.05, 0.1) is 16.9 Å². The number of amides is 1. The number of halogens is 1. The van der Waals surface area contributed by atoms with Gasteiger partial charge in [-0.05, 0) is 43.2 Å². The molecule has 2 aromatic heterocycles. The number of nitrogens with one attached hydrogen (secondary N) is 2. The quantitative estimate of drug-likeness (QED) is 0.715. The molecule has 7 nitrogen and oxygen atoms in total. The summed E-state index contributed by atoms with van der Waals surface area (Å²) in [5.41, 5.74) is 2.11. The van der Waals surface area contributed by atoms with Crippen LogP contribution < -0.4 is 15.8 Å². The molecule has 0 aliphatic carbocycles. The highest BCUT2D eigenvalue weighted by molar-refractivity contribution is 6.10. The van der Waals surface area contributed by atoms with Gasteiger partial charge in [0.25, 0.3) is 11.5 Å². The van der Waals surface area contributed by atoms with E-state index in [1.807, 2.05) is 11.0 Å². The lowest BCUT2D eigenvalue weighted by molar-refractivity contribution is 0.102. The van der Waals surface area contributed by atoms with E-state index in [2.05, 4.69) is 15.3 Å². The van der Waals surface area contributed by atoms with E-state index >= 15 is 0 Å². The lowest BCUT2D eigenvalue weighted by Gasteiger charge is -2.25. The molecular weight excluding hydrogens is 373 g/mol. The number of nitrogens with zero attached hydrogens (tertiary/aromatic N) is 3. The van der Waals surface area contributed by atoms with Gasteiger partial charge < -0.3 is 15.2 Å². The molecular formula is C21H18FN5O2. The molecule has 4 rings (SSSR count). The minimum atomic E-state index is -0.979. The summed E-state index contributed by atoms with van der Waals surface area (Å²) in [5.74, 6) is -0.327. The Morgan fingerprint density at radius 2 is 2.10 bits per heavy atom. The maximum absolute atomic E-state index is 14.0. The minimum absolute atomic E-state index is 0.00681. The maximum atomic E-state index is 14.0. The lowest BCUT2D eigenvalue weighted by atomic mass is 10.0. The van der Waals surface area contributed by atoms with E-state index in [0.717, 1.165) is 0 Å². The SMILES string of the molecule is Cc1c(C#N)c(=O)[nH]c2ccc(NC(=O)c3ccncc3)c(N3CCC(F)C3)c12. The van der Waals surface area contributed by atoms with Gasteiger partial charge in [0, 0.05) is 36.4 Å². The maximum Gasteiger partial charge on any atom is 0.266 e. The molecule has 1 fully saturated rings. The Labute approximate surface area is 165 Å².